The number of carboxylic acids is 1. The highest BCUT2D eigenvalue weighted by Crippen LogP contribution is 2.30. The van der Waals surface area contributed by atoms with Crippen molar-refractivity contribution in [1.29, 1.82) is 0 Å². The number of carboxylic acid groups (broad SMARTS) is 1. The first-order valence-electron chi connectivity index (χ1n) is 7.12. The molecule has 0 saturated carbocycles. The fourth-order valence-electron chi connectivity index (χ4n) is 3.08. The van der Waals surface area contributed by atoms with E-state index in [1.54, 1.807) is 6.07 Å². The van der Waals surface area contributed by atoms with Crippen LogP contribution in [0.25, 0.3) is 11.1 Å². The van der Waals surface area contributed by atoms with Gasteiger partial charge in [-0.2, -0.15) is 0 Å². The van der Waals surface area contributed by atoms with Gasteiger partial charge in [0.1, 0.15) is 0 Å². The zero-order chi connectivity index (χ0) is 14.1. The number of benzene rings is 2. The smallest absolute Gasteiger partial charge is 0.335 e. The van der Waals surface area contributed by atoms with Crippen LogP contribution in [0.1, 0.15) is 39.9 Å². The fraction of sp³-hybridized carbons (Fsp3) is 0.278. The summed E-state index contributed by atoms with van der Waals surface area (Å²) in [6.45, 7) is 1.89. The van der Waals surface area contributed by atoms with Crippen molar-refractivity contribution in [1.82, 2.24) is 0 Å². The van der Waals surface area contributed by atoms with Gasteiger partial charge in [0.25, 0.3) is 0 Å². The number of carbonyl (C=O) groups is 1. The van der Waals surface area contributed by atoms with E-state index < -0.39 is 5.97 Å². The largest absolute Gasteiger partial charge is 0.478 e. The van der Waals surface area contributed by atoms with Crippen LogP contribution in [0.5, 0.6) is 0 Å². The fourth-order valence-corrected chi connectivity index (χ4v) is 3.08. The van der Waals surface area contributed by atoms with Crippen molar-refractivity contribution in [2.45, 2.75) is 32.6 Å². The van der Waals surface area contributed by atoms with Gasteiger partial charge in [0.05, 0.1) is 5.56 Å². The number of aryl methyl sites for hydroxylation is 2. The van der Waals surface area contributed by atoms with E-state index >= 15 is 0 Å². The highest BCUT2D eigenvalue weighted by molar-refractivity contribution is 5.92. The third-order valence-corrected chi connectivity index (χ3v) is 4.22. The maximum atomic E-state index is 11.2. The number of hydrogen-bond acceptors (Lipinski definition) is 1. The minimum atomic E-state index is -0.859. The Morgan fingerprint density at radius 1 is 1.05 bits per heavy atom. The third-order valence-electron chi connectivity index (χ3n) is 4.22. The average Bonchev–Trinajstić information content (AvgIpc) is 2.46. The molecule has 2 nitrogen and oxygen atoms in total. The lowest BCUT2D eigenvalue weighted by Crippen LogP contribution is -2.03. The Morgan fingerprint density at radius 2 is 1.80 bits per heavy atom. The molecule has 1 aliphatic rings. The first kappa shape index (κ1) is 12.9. The van der Waals surface area contributed by atoms with Gasteiger partial charge in [-0.15, -0.1) is 0 Å². The lowest BCUT2D eigenvalue weighted by molar-refractivity contribution is 0.0696. The Bertz CT molecular complexity index is 671. The standard InChI is InChI=1S/C18H18O2/c1-12-16(7-4-8-17(12)18(19)20)15-10-9-13-5-2-3-6-14(13)11-15/h4,7-11H,2-3,5-6H2,1H3,(H,19,20). The van der Waals surface area contributed by atoms with Gasteiger partial charge in [-0.1, -0.05) is 30.3 Å². The van der Waals surface area contributed by atoms with Crippen molar-refractivity contribution in [3.63, 3.8) is 0 Å². The van der Waals surface area contributed by atoms with Crippen LogP contribution in [0.15, 0.2) is 36.4 Å². The molecule has 0 bridgehead atoms. The minimum Gasteiger partial charge on any atom is -0.478 e. The molecular weight excluding hydrogens is 248 g/mol. The van der Waals surface area contributed by atoms with Gasteiger partial charge in [-0.3, -0.25) is 0 Å². The van der Waals surface area contributed by atoms with E-state index in [-0.39, 0.29) is 0 Å². The molecule has 0 atom stereocenters. The van der Waals surface area contributed by atoms with Crippen molar-refractivity contribution >= 4 is 5.97 Å². The summed E-state index contributed by atoms with van der Waals surface area (Å²) in [5.41, 5.74) is 6.27. The van der Waals surface area contributed by atoms with E-state index in [9.17, 15) is 9.90 Å². The Balaban J connectivity index is 2.09. The van der Waals surface area contributed by atoms with Crippen molar-refractivity contribution in [2.75, 3.05) is 0 Å². The second kappa shape index (κ2) is 5.12. The van der Waals surface area contributed by atoms with Crippen molar-refractivity contribution in [2.24, 2.45) is 0 Å². The Kier molecular flexibility index (Phi) is 3.31. The summed E-state index contributed by atoms with van der Waals surface area (Å²) in [6, 6.07) is 12.1. The molecule has 1 N–H and O–H groups in total. The summed E-state index contributed by atoms with van der Waals surface area (Å²) in [7, 11) is 0. The Labute approximate surface area is 119 Å². The molecule has 0 heterocycles. The van der Waals surface area contributed by atoms with Crippen LogP contribution in [0.4, 0.5) is 0 Å². The number of hydrogen-bond donors (Lipinski definition) is 1. The summed E-state index contributed by atoms with van der Waals surface area (Å²) in [5.74, 6) is -0.859. The van der Waals surface area contributed by atoms with Gasteiger partial charge in [-0.05, 0) is 66.5 Å². The van der Waals surface area contributed by atoms with Crippen molar-refractivity contribution in [3.05, 3.63) is 58.7 Å². The molecule has 0 aromatic heterocycles. The highest BCUT2D eigenvalue weighted by Gasteiger charge is 2.14. The molecule has 2 aromatic rings. The molecule has 0 amide bonds. The van der Waals surface area contributed by atoms with Crippen LogP contribution in [-0.2, 0) is 12.8 Å². The average molecular weight is 266 g/mol. The predicted octanol–water partition coefficient (Wildman–Crippen LogP) is 4.24. The maximum absolute atomic E-state index is 11.2. The molecule has 2 heteroatoms. The molecule has 2 aromatic carbocycles. The SMILES string of the molecule is Cc1c(C(=O)O)cccc1-c1ccc2c(c1)CCCC2. The van der Waals surface area contributed by atoms with Crippen LogP contribution in [0.2, 0.25) is 0 Å². The normalized spacial score (nSPS) is 13.8. The van der Waals surface area contributed by atoms with E-state index in [1.807, 2.05) is 19.1 Å². The van der Waals surface area contributed by atoms with E-state index in [4.69, 9.17) is 0 Å². The zero-order valence-corrected chi connectivity index (χ0v) is 11.6. The maximum Gasteiger partial charge on any atom is 0.335 e. The van der Waals surface area contributed by atoms with E-state index in [2.05, 4.69) is 18.2 Å². The van der Waals surface area contributed by atoms with Crippen molar-refractivity contribution < 1.29 is 9.90 Å². The molecule has 3 rings (SSSR count). The quantitative estimate of drug-likeness (QED) is 0.882. The second-order valence-electron chi connectivity index (χ2n) is 5.47. The molecule has 0 saturated heterocycles. The molecule has 0 aliphatic heterocycles. The Hall–Kier alpha value is -2.09. The number of fused-ring (bicyclic) bond motifs is 1. The van der Waals surface area contributed by atoms with Gasteiger partial charge in [0.15, 0.2) is 0 Å². The first-order chi connectivity index (χ1) is 9.66. The van der Waals surface area contributed by atoms with Gasteiger partial charge >= 0.3 is 5.97 Å². The molecule has 102 valence electrons. The van der Waals surface area contributed by atoms with Crippen molar-refractivity contribution in [3.8, 4) is 11.1 Å². The number of aromatic carboxylic acids is 1. The molecule has 20 heavy (non-hydrogen) atoms. The summed E-state index contributed by atoms with van der Waals surface area (Å²) in [5, 5.41) is 9.23. The molecule has 0 unspecified atom stereocenters. The molecule has 0 radical (unpaired) electrons. The lowest BCUT2D eigenvalue weighted by atomic mass is 9.88. The molecular formula is C18H18O2. The first-order valence-corrected chi connectivity index (χ1v) is 7.12. The van der Waals surface area contributed by atoms with Crippen LogP contribution >= 0.6 is 0 Å². The highest BCUT2D eigenvalue weighted by atomic mass is 16.4. The molecule has 1 aliphatic carbocycles. The molecule has 0 spiro atoms. The third kappa shape index (κ3) is 2.22. The summed E-state index contributed by atoms with van der Waals surface area (Å²) < 4.78 is 0. The number of rotatable bonds is 2. The van der Waals surface area contributed by atoms with Gasteiger partial charge in [0.2, 0.25) is 0 Å². The monoisotopic (exact) mass is 266 g/mol. The topological polar surface area (TPSA) is 37.3 Å². The summed E-state index contributed by atoms with van der Waals surface area (Å²) in [4.78, 5) is 11.2. The summed E-state index contributed by atoms with van der Waals surface area (Å²) in [6.07, 6.45) is 4.84. The van der Waals surface area contributed by atoms with Crippen LogP contribution in [0, 0.1) is 6.92 Å². The Morgan fingerprint density at radius 3 is 2.55 bits per heavy atom. The van der Waals surface area contributed by atoms with Crippen LogP contribution in [-0.4, -0.2) is 11.1 Å². The van der Waals surface area contributed by atoms with Crippen LogP contribution < -0.4 is 0 Å². The molecule has 0 fully saturated rings. The van der Waals surface area contributed by atoms with Gasteiger partial charge in [0, 0.05) is 0 Å². The van der Waals surface area contributed by atoms with E-state index in [1.165, 1.54) is 30.4 Å². The van der Waals surface area contributed by atoms with Crippen LogP contribution in [0.3, 0.4) is 0 Å². The van der Waals surface area contributed by atoms with E-state index in [0.717, 1.165) is 23.1 Å². The zero-order valence-electron chi connectivity index (χ0n) is 11.6. The van der Waals surface area contributed by atoms with Gasteiger partial charge < -0.3 is 5.11 Å². The van der Waals surface area contributed by atoms with Gasteiger partial charge in [-0.25, -0.2) is 4.79 Å². The lowest BCUT2D eigenvalue weighted by Gasteiger charge is -2.17. The predicted molar refractivity (Wildman–Crippen MR) is 80.2 cm³/mol. The minimum absolute atomic E-state index is 0.389. The summed E-state index contributed by atoms with van der Waals surface area (Å²) >= 11 is 0. The van der Waals surface area contributed by atoms with E-state index in [0.29, 0.717) is 5.56 Å². The second-order valence-corrected chi connectivity index (χ2v) is 5.47.